The lowest BCUT2D eigenvalue weighted by Crippen LogP contribution is -2.62. The van der Waals surface area contributed by atoms with Crippen LogP contribution in [-0.2, 0) is 6.42 Å². The highest BCUT2D eigenvalue weighted by molar-refractivity contribution is 5.75. The summed E-state index contributed by atoms with van der Waals surface area (Å²) in [4.78, 5) is 27.6. The molecular formula is C30H41N5O. The SMILES string of the molecule is Cc1ccc(Cc2c(C)nc(C)nc2N2CCCN(C(=O)NC34CC5CC(CC(C5)C3)C4)CC2)cc1. The van der Waals surface area contributed by atoms with Gasteiger partial charge in [0.2, 0.25) is 0 Å². The van der Waals surface area contributed by atoms with Crippen molar-refractivity contribution in [2.75, 3.05) is 31.1 Å². The van der Waals surface area contributed by atoms with Gasteiger partial charge in [-0.15, -0.1) is 0 Å². The monoisotopic (exact) mass is 487 g/mol. The van der Waals surface area contributed by atoms with Crippen molar-refractivity contribution in [3.8, 4) is 0 Å². The molecule has 192 valence electrons. The molecule has 2 aromatic rings. The van der Waals surface area contributed by atoms with Gasteiger partial charge >= 0.3 is 6.03 Å². The molecule has 7 rings (SSSR count). The van der Waals surface area contributed by atoms with Crippen LogP contribution in [0.4, 0.5) is 10.6 Å². The highest BCUT2D eigenvalue weighted by atomic mass is 16.2. The minimum atomic E-state index is 0.0694. The lowest BCUT2D eigenvalue weighted by Gasteiger charge is -2.57. The first-order valence-electron chi connectivity index (χ1n) is 14.1. The summed E-state index contributed by atoms with van der Waals surface area (Å²) < 4.78 is 0. The lowest BCUT2D eigenvalue weighted by atomic mass is 9.53. The van der Waals surface area contributed by atoms with Gasteiger partial charge in [0.15, 0.2) is 0 Å². The van der Waals surface area contributed by atoms with Gasteiger partial charge < -0.3 is 15.1 Å². The Hall–Kier alpha value is -2.63. The number of urea groups is 1. The molecule has 5 fully saturated rings. The third-order valence-corrected chi connectivity index (χ3v) is 9.30. The Morgan fingerprint density at radius 2 is 1.58 bits per heavy atom. The van der Waals surface area contributed by atoms with Crippen molar-refractivity contribution in [3.05, 3.63) is 52.5 Å². The Bertz CT molecular complexity index is 1090. The van der Waals surface area contributed by atoms with Crippen LogP contribution >= 0.6 is 0 Å². The largest absolute Gasteiger partial charge is 0.354 e. The molecule has 1 saturated heterocycles. The van der Waals surface area contributed by atoms with E-state index < -0.39 is 0 Å². The second-order valence-corrected chi connectivity index (χ2v) is 12.3. The molecule has 4 saturated carbocycles. The van der Waals surface area contributed by atoms with Crippen molar-refractivity contribution in [1.82, 2.24) is 20.2 Å². The zero-order chi connectivity index (χ0) is 24.9. The zero-order valence-electron chi connectivity index (χ0n) is 22.2. The van der Waals surface area contributed by atoms with Crippen LogP contribution in [0.15, 0.2) is 24.3 Å². The summed E-state index contributed by atoms with van der Waals surface area (Å²) in [5.41, 5.74) is 4.88. The molecule has 1 N–H and O–H groups in total. The van der Waals surface area contributed by atoms with Crippen molar-refractivity contribution in [1.29, 1.82) is 0 Å². The van der Waals surface area contributed by atoms with Gasteiger partial charge in [0.1, 0.15) is 11.6 Å². The number of hydrogen-bond acceptors (Lipinski definition) is 4. The van der Waals surface area contributed by atoms with Gasteiger partial charge in [-0.3, -0.25) is 0 Å². The van der Waals surface area contributed by atoms with Crippen molar-refractivity contribution in [2.24, 2.45) is 17.8 Å². The number of carbonyl (C=O) groups excluding carboxylic acids is 1. The van der Waals surface area contributed by atoms with E-state index in [-0.39, 0.29) is 11.6 Å². The molecule has 1 aromatic carbocycles. The van der Waals surface area contributed by atoms with Crippen LogP contribution in [0, 0.1) is 38.5 Å². The van der Waals surface area contributed by atoms with E-state index in [0.717, 1.165) is 74.1 Å². The number of rotatable bonds is 4. The summed E-state index contributed by atoms with van der Waals surface area (Å²) in [5, 5.41) is 3.59. The van der Waals surface area contributed by atoms with Crippen LogP contribution in [0.5, 0.6) is 0 Å². The van der Waals surface area contributed by atoms with Crippen molar-refractivity contribution < 1.29 is 4.79 Å². The summed E-state index contributed by atoms with van der Waals surface area (Å²) in [5.74, 6) is 4.38. The smallest absolute Gasteiger partial charge is 0.317 e. The second kappa shape index (κ2) is 9.35. The number of carbonyl (C=O) groups is 1. The Labute approximate surface area is 215 Å². The van der Waals surface area contributed by atoms with Crippen LogP contribution in [0.3, 0.4) is 0 Å². The molecule has 0 radical (unpaired) electrons. The van der Waals surface area contributed by atoms with E-state index in [1.807, 2.05) is 6.92 Å². The second-order valence-electron chi connectivity index (χ2n) is 12.3. The number of amides is 2. The Kier molecular flexibility index (Phi) is 6.17. The van der Waals surface area contributed by atoms with Gasteiger partial charge in [-0.05, 0) is 89.0 Å². The standard InChI is InChI=1S/C30H41N5O/c1-20-5-7-23(8-6-20)16-27-21(2)31-22(3)32-28(27)34-9-4-10-35(12-11-34)29(36)33-30-17-24-13-25(18-30)15-26(14-24)19-30/h5-8,24-26H,4,9-19H2,1-3H3,(H,33,36). The maximum Gasteiger partial charge on any atom is 0.317 e. The number of anilines is 1. The zero-order valence-corrected chi connectivity index (χ0v) is 22.2. The van der Waals surface area contributed by atoms with E-state index in [9.17, 15) is 4.79 Å². The first-order chi connectivity index (χ1) is 17.4. The van der Waals surface area contributed by atoms with Gasteiger partial charge in [0.05, 0.1) is 0 Å². The highest BCUT2D eigenvalue weighted by Crippen LogP contribution is 2.55. The summed E-state index contributed by atoms with van der Waals surface area (Å²) in [6.07, 6.45) is 9.59. The molecule has 0 spiro atoms. The molecule has 1 aromatic heterocycles. The molecule has 0 atom stereocenters. The molecule has 4 bridgehead atoms. The van der Waals surface area contributed by atoms with Gasteiger partial charge in [0, 0.05) is 49.4 Å². The molecule has 36 heavy (non-hydrogen) atoms. The first-order valence-corrected chi connectivity index (χ1v) is 14.1. The van der Waals surface area contributed by atoms with E-state index in [0.29, 0.717) is 0 Å². The molecular weight excluding hydrogens is 446 g/mol. The lowest BCUT2D eigenvalue weighted by molar-refractivity contribution is -0.0155. The number of aromatic nitrogens is 2. The molecule has 6 nitrogen and oxygen atoms in total. The molecule has 5 aliphatic rings. The Morgan fingerprint density at radius 3 is 2.25 bits per heavy atom. The van der Waals surface area contributed by atoms with Gasteiger partial charge in [-0.1, -0.05) is 29.8 Å². The fourth-order valence-electron chi connectivity index (χ4n) is 8.00. The van der Waals surface area contributed by atoms with E-state index in [2.05, 4.69) is 53.2 Å². The topological polar surface area (TPSA) is 61.4 Å². The van der Waals surface area contributed by atoms with E-state index in [4.69, 9.17) is 9.97 Å². The fourth-order valence-corrected chi connectivity index (χ4v) is 8.00. The van der Waals surface area contributed by atoms with Crippen LogP contribution in [-0.4, -0.2) is 52.6 Å². The van der Waals surface area contributed by atoms with Crippen molar-refractivity contribution >= 4 is 11.8 Å². The Morgan fingerprint density at radius 1 is 0.917 bits per heavy atom. The average Bonchev–Trinajstić information content (AvgIpc) is 3.07. The summed E-state index contributed by atoms with van der Waals surface area (Å²) in [7, 11) is 0. The number of nitrogens with one attached hydrogen (secondary N) is 1. The van der Waals surface area contributed by atoms with E-state index in [1.165, 1.54) is 55.2 Å². The molecule has 2 heterocycles. The van der Waals surface area contributed by atoms with Crippen molar-refractivity contribution in [3.63, 3.8) is 0 Å². The summed E-state index contributed by atoms with van der Waals surface area (Å²) >= 11 is 0. The quantitative estimate of drug-likeness (QED) is 0.645. The molecule has 4 aliphatic carbocycles. The number of nitrogens with zero attached hydrogens (tertiary/aromatic N) is 4. The normalized spacial score (nSPS) is 29.4. The van der Waals surface area contributed by atoms with Crippen LogP contribution in [0.2, 0.25) is 0 Å². The summed E-state index contributed by atoms with van der Waals surface area (Å²) in [6.45, 7) is 9.48. The average molecular weight is 488 g/mol. The highest BCUT2D eigenvalue weighted by Gasteiger charge is 2.51. The third-order valence-electron chi connectivity index (χ3n) is 9.30. The maximum absolute atomic E-state index is 13.5. The van der Waals surface area contributed by atoms with Crippen LogP contribution in [0.1, 0.15) is 73.2 Å². The van der Waals surface area contributed by atoms with Gasteiger partial charge in [-0.25, -0.2) is 14.8 Å². The predicted molar refractivity (Wildman–Crippen MR) is 143 cm³/mol. The number of benzene rings is 1. The molecule has 1 aliphatic heterocycles. The van der Waals surface area contributed by atoms with Crippen molar-refractivity contribution in [2.45, 2.75) is 77.7 Å². The molecule has 0 unspecified atom stereocenters. The molecule has 2 amide bonds. The van der Waals surface area contributed by atoms with Crippen LogP contribution in [0.25, 0.3) is 0 Å². The predicted octanol–water partition coefficient (Wildman–Crippen LogP) is 5.18. The molecule has 6 heteroatoms. The number of aryl methyl sites for hydroxylation is 3. The maximum atomic E-state index is 13.5. The van der Waals surface area contributed by atoms with Gasteiger partial charge in [-0.2, -0.15) is 0 Å². The van der Waals surface area contributed by atoms with Crippen LogP contribution < -0.4 is 10.2 Å². The van der Waals surface area contributed by atoms with Gasteiger partial charge in [0.25, 0.3) is 0 Å². The fraction of sp³-hybridized carbons (Fsp3) is 0.633. The summed E-state index contributed by atoms with van der Waals surface area (Å²) in [6, 6.07) is 8.92. The minimum Gasteiger partial charge on any atom is -0.354 e. The number of hydrogen-bond donors (Lipinski definition) is 1. The Balaban J connectivity index is 1.16. The van der Waals surface area contributed by atoms with E-state index >= 15 is 0 Å². The first kappa shape index (κ1) is 23.7. The third kappa shape index (κ3) is 4.71. The van der Waals surface area contributed by atoms with E-state index in [1.54, 1.807) is 0 Å². The minimum absolute atomic E-state index is 0.0694.